The molecule has 0 aliphatic heterocycles. The molecular weight excluding hydrogens is 263 g/mol. The predicted octanol–water partition coefficient (Wildman–Crippen LogP) is 2.83. The smallest absolute Gasteiger partial charge is 0.251 e. The summed E-state index contributed by atoms with van der Waals surface area (Å²) in [5.41, 5.74) is 6.88. The number of rotatable bonds is 4. The predicted molar refractivity (Wildman–Crippen MR) is 75.8 cm³/mol. The Balaban J connectivity index is 1.98. The van der Waals surface area contributed by atoms with Crippen LogP contribution in [0.2, 0.25) is 0 Å². The van der Waals surface area contributed by atoms with Gasteiger partial charge < -0.3 is 11.1 Å². The molecule has 3 nitrogen and oxygen atoms in total. The Kier molecular flexibility index (Phi) is 4.16. The summed E-state index contributed by atoms with van der Waals surface area (Å²) in [4.78, 5) is 11.9. The summed E-state index contributed by atoms with van der Waals surface area (Å²) in [7, 11) is 0. The van der Waals surface area contributed by atoms with Crippen molar-refractivity contribution >= 4 is 22.9 Å². The number of amides is 1. The van der Waals surface area contributed by atoms with E-state index in [9.17, 15) is 9.18 Å². The fourth-order valence-corrected chi connectivity index (χ4v) is 2.47. The van der Waals surface area contributed by atoms with Gasteiger partial charge in [0.15, 0.2) is 0 Å². The van der Waals surface area contributed by atoms with Crippen molar-refractivity contribution in [1.82, 2.24) is 5.32 Å². The lowest BCUT2D eigenvalue weighted by Gasteiger charge is -2.13. The van der Waals surface area contributed by atoms with Crippen molar-refractivity contribution in [3.63, 3.8) is 0 Å². The summed E-state index contributed by atoms with van der Waals surface area (Å²) in [6.07, 6.45) is 0.757. The number of carbonyl (C=O) groups is 1. The fraction of sp³-hybridized carbons (Fsp3) is 0.214. The van der Waals surface area contributed by atoms with Crippen LogP contribution in [0, 0.1) is 5.82 Å². The summed E-state index contributed by atoms with van der Waals surface area (Å²) >= 11 is 1.62. The molecule has 1 unspecified atom stereocenters. The van der Waals surface area contributed by atoms with E-state index in [0.717, 1.165) is 12.5 Å². The van der Waals surface area contributed by atoms with Gasteiger partial charge in [0.25, 0.3) is 5.91 Å². The van der Waals surface area contributed by atoms with Gasteiger partial charge in [-0.3, -0.25) is 4.79 Å². The zero-order chi connectivity index (χ0) is 13.8. The van der Waals surface area contributed by atoms with Gasteiger partial charge in [-0.25, -0.2) is 4.39 Å². The molecule has 0 radical (unpaired) electrons. The van der Waals surface area contributed by atoms with Crippen LogP contribution in [0.4, 0.5) is 10.1 Å². The van der Waals surface area contributed by atoms with Gasteiger partial charge in [-0.1, -0.05) is 0 Å². The maximum Gasteiger partial charge on any atom is 0.251 e. The van der Waals surface area contributed by atoms with Gasteiger partial charge in [0.2, 0.25) is 0 Å². The van der Waals surface area contributed by atoms with E-state index >= 15 is 0 Å². The van der Waals surface area contributed by atoms with Gasteiger partial charge in [0.05, 0.1) is 5.69 Å². The molecule has 0 aliphatic rings. The molecule has 3 N–H and O–H groups in total. The van der Waals surface area contributed by atoms with Gasteiger partial charge in [-0.15, -0.1) is 0 Å². The van der Waals surface area contributed by atoms with Crippen LogP contribution < -0.4 is 11.1 Å². The van der Waals surface area contributed by atoms with Crippen LogP contribution in [-0.4, -0.2) is 11.9 Å². The average molecular weight is 278 g/mol. The third kappa shape index (κ3) is 3.54. The van der Waals surface area contributed by atoms with E-state index in [2.05, 4.69) is 5.32 Å². The number of nitrogens with one attached hydrogen (secondary N) is 1. The molecule has 19 heavy (non-hydrogen) atoms. The molecule has 100 valence electrons. The molecule has 0 saturated heterocycles. The van der Waals surface area contributed by atoms with Crippen molar-refractivity contribution in [2.24, 2.45) is 0 Å². The molecular formula is C14H15FN2OS. The van der Waals surface area contributed by atoms with Crippen LogP contribution in [0.3, 0.4) is 0 Å². The number of halogens is 1. The lowest BCUT2D eigenvalue weighted by molar-refractivity contribution is 0.0939. The zero-order valence-electron chi connectivity index (χ0n) is 10.5. The Hall–Kier alpha value is -1.88. The first-order chi connectivity index (χ1) is 9.06. The number of hydrogen-bond acceptors (Lipinski definition) is 3. The highest BCUT2D eigenvalue weighted by Crippen LogP contribution is 2.13. The van der Waals surface area contributed by atoms with E-state index in [-0.39, 0.29) is 23.2 Å². The number of anilines is 1. The fourth-order valence-electron chi connectivity index (χ4n) is 1.79. The number of benzene rings is 1. The van der Waals surface area contributed by atoms with Crippen LogP contribution in [-0.2, 0) is 6.42 Å². The first kappa shape index (κ1) is 13.5. The van der Waals surface area contributed by atoms with Crippen LogP contribution >= 0.6 is 11.3 Å². The Morgan fingerprint density at radius 3 is 2.89 bits per heavy atom. The standard InChI is InChI=1S/C14H15FN2OS/c1-9(6-10-4-5-19-8-10)17-14(18)11-2-3-13(16)12(15)7-11/h2-5,7-9H,6,16H2,1H3,(H,17,18). The molecule has 0 aliphatic carbocycles. The molecule has 1 amide bonds. The minimum absolute atomic E-state index is 0.0114. The quantitative estimate of drug-likeness (QED) is 0.845. The molecule has 2 rings (SSSR count). The Morgan fingerprint density at radius 1 is 1.47 bits per heavy atom. The second-order valence-electron chi connectivity index (χ2n) is 4.45. The van der Waals surface area contributed by atoms with Crippen LogP contribution in [0.25, 0.3) is 0 Å². The summed E-state index contributed by atoms with van der Waals surface area (Å²) in [6.45, 7) is 1.92. The summed E-state index contributed by atoms with van der Waals surface area (Å²) in [5, 5.41) is 6.89. The first-order valence-corrected chi connectivity index (χ1v) is 6.87. The van der Waals surface area contributed by atoms with Gasteiger partial charge in [-0.05, 0) is 53.9 Å². The van der Waals surface area contributed by atoms with Crippen molar-refractivity contribution in [3.8, 4) is 0 Å². The molecule has 0 fully saturated rings. The van der Waals surface area contributed by atoms with E-state index in [0.29, 0.717) is 0 Å². The third-order valence-electron chi connectivity index (χ3n) is 2.76. The SMILES string of the molecule is CC(Cc1ccsc1)NC(=O)c1ccc(N)c(F)c1. The Morgan fingerprint density at radius 2 is 2.26 bits per heavy atom. The molecule has 2 aromatic rings. The number of thiophene rings is 1. The van der Waals surface area contributed by atoms with E-state index in [4.69, 9.17) is 5.73 Å². The third-order valence-corrected chi connectivity index (χ3v) is 3.49. The number of carbonyl (C=O) groups excluding carboxylic acids is 1. The lowest BCUT2D eigenvalue weighted by atomic mass is 10.1. The second kappa shape index (κ2) is 5.84. The molecule has 1 heterocycles. The highest BCUT2D eigenvalue weighted by molar-refractivity contribution is 7.07. The van der Waals surface area contributed by atoms with Crippen molar-refractivity contribution < 1.29 is 9.18 Å². The zero-order valence-corrected chi connectivity index (χ0v) is 11.3. The molecule has 1 aromatic heterocycles. The van der Waals surface area contributed by atoms with Crippen molar-refractivity contribution in [2.45, 2.75) is 19.4 Å². The highest BCUT2D eigenvalue weighted by atomic mass is 32.1. The van der Waals surface area contributed by atoms with Gasteiger partial charge in [-0.2, -0.15) is 11.3 Å². The van der Waals surface area contributed by atoms with E-state index in [1.165, 1.54) is 17.7 Å². The molecule has 0 saturated carbocycles. The monoisotopic (exact) mass is 278 g/mol. The number of hydrogen-bond donors (Lipinski definition) is 2. The maximum absolute atomic E-state index is 13.3. The highest BCUT2D eigenvalue weighted by Gasteiger charge is 2.12. The largest absolute Gasteiger partial charge is 0.396 e. The topological polar surface area (TPSA) is 55.1 Å². The van der Waals surface area contributed by atoms with Crippen molar-refractivity contribution in [3.05, 3.63) is 52.0 Å². The van der Waals surface area contributed by atoms with Crippen LogP contribution in [0.15, 0.2) is 35.0 Å². The average Bonchev–Trinajstić information content (AvgIpc) is 2.85. The molecule has 1 aromatic carbocycles. The molecule has 1 atom stereocenters. The minimum atomic E-state index is -0.571. The first-order valence-electron chi connectivity index (χ1n) is 5.93. The van der Waals surface area contributed by atoms with Crippen LogP contribution in [0.1, 0.15) is 22.8 Å². The Bertz CT molecular complexity index is 569. The summed E-state index contributed by atoms with van der Waals surface area (Å²) < 4.78 is 13.3. The Labute approximate surface area is 115 Å². The second-order valence-corrected chi connectivity index (χ2v) is 5.23. The normalized spacial score (nSPS) is 12.1. The van der Waals surface area contributed by atoms with E-state index in [1.807, 2.05) is 23.8 Å². The van der Waals surface area contributed by atoms with Gasteiger partial charge >= 0.3 is 0 Å². The summed E-state index contributed by atoms with van der Waals surface area (Å²) in [6, 6.07) is 6.08. The van der Waals surface area contributed by atoms with E-state index < -0.39 is 5.82 Å². The van der Waals surface area contributed by atoms with Crippen molar-refractivity contribution in [2.75, 3.05) is 5.73 Å². The lowest BCUT2D eigenvalue weighted by Crippen LogP contribution is -2.34. The summed E-state index contributed by atoms with van der Waals surface area (Å²) in [5.74, 6) is -0.861. The molecule has 0 bridgehead atoms. The van der Waals surface area contributed by atoms with E-state index in [1.54, 1.807) is 11.3 Å². The number of nitrogens with two attached hydrogens (primary N) is 1. The van der Waals surface area contributed by atoms with Gasteiger partial charge in [0.1, 0.15) is 5.82 Å². The maximum atomic E-state index is 13.3. The molecule has 0 spiro atoms. The minimum Gasteiger partial charge on any atom is -0.396 e. The van der Waals surface area contributed by atoms with Crippen molar-refractivity contribution in [1.29, 1.82) is 0 Å². The molecule has 5 heteroatoms. The van der Waals surface area contributed by atoms with Gasteiger partial charge in [0, 0.05) is 11.6 Å². The number of nitrogen functional groups attached to an aromatic ring is 1. The van der Waals surface area contributed by atoms with Crippen LogP contribution in [0.5, 0.6) is 0 Å².